The molecular weight excluding hydrogens is 355 g/mol. The maximum Gasteiger partial charge on any atom is 0.409 e. The van der Waals surface area contributed by atoms with Gasteiger partial charge in [-0.15, -0.1) is 0 Å². The predicted molar refractivity (Wildman–Crippen MR) is 94.7 cm³/mol. The van der Waals surface area contributed by atoms with Gasteiger partial charge in [0.15, 0.2) is 23.1 Å². The van der Waals surface area contributed by atoms with E-state index in [2.05, 4.69) is 25.6 Å². The van der Waals surface area contributed by atoms with E-state index in [1.54, 1.807) is 19.3 Å². The van der Waals surface area contributed by atoms with E-state index in [0.29, 0.717) is 36.1 Å². The van der Waals surface area contributed by atoms with Crippen LogP contribution in [0.3, 0.4) is 0 Å². The van der Waals surface area contributed by atoms with Crippen molar-refractivity contribution in [1.82, 2.24) is 14.5 Å². The van der Waals surface area contributed by atoms with Crippen LogP contribution >= 0.6 is 0 Å². The molecule has 0 bridgehead atoms. The zero-order chi connectivity index (χ0) is 19.0. The van der Waals surface area contributed by atoms with Crippen LogP contribution in [-0.4, -0.2) is 39.3 Å². The van der Waals surface area contributed by atoms with Gasteiger partial charge in [-0.3, -0.25) is 10.3 Å². The number of anilines is 2. The SMILES string of the molecule is CN=c1ncc2cc(Oc3ccc(NC(=O)O)cc3F)c3n(c-2n1)CCN3. The molecule has 0 saturated heterocycles. The Labute approximate surface area is 152 Å². The highest BCUT2D eigenvalue weighted by Gasteiger charge is 2.23. The molecule has 10 heteroatoms. The van der Waals surface area contributed by atoms with Crippen molar-refractivity contribution in [2.45, 2.75) is 6.54 Å². The molecule has 0 atom stereocenters. The molecule has 1 amide bonds. The summed E-state index contributed by atoms with van der Waals surface area (Å²) in [4.78, 5) is 23.2. The molecule has 0 saturated carbocycles. The Balaban J connectivity index is 1.75. The molecule has 9 nitrogen and oxygen atoms in total. The molecule has 138 valence electrons. The number of benzene rings is 1. The van der Waals surface area contributed by atoms with Gasteiger partial charge in [-0.05, 0) is 18.2 Å². The summed E-state index contributed by atoms with van der Waals surface area (Å²) < 4.78 is 22.0. The van der Waals surface area contributed by atoms with E-state index in [1.165, 1.54) is 12.1 Å². The number of pyridine rings is 1. The van der Waals surface area contributed by atoms with Crippen LogP contribution < -0.4 is 21.0 Å². The Morgan fingerprint density at radius 1 is 1.41 bits per heavy atom. The molecule has 0 aliphatic carbocycles. The molecule has 0 spiro atoms. The second-order valence-electron chi connectivity index (χ2n) is 5.79. The van der Waals surface area contributed by atoms with Crippen LogP contribution in [0.15, 0.2) is 35.5 Å². The van der Waals surface area contributed by atoms with Crippen molar-refractivity contribution < 1.29 is 19.0 Å². The number of amides is 1. The van der Waals surface area contributed by atoms with Gasteiger partial charge in [0, 0.05) is 43.7 Å². The number of aromatic nitrogens is 3. The normalized spacial score (nSPS) is 13.3. The third-order valence-electron chi connectivity index (χ3n) is 4.06. The third kappa shape index (κ3) is 3.12. The average molecular weight is 370 g/mol. The van der Waals surface area contributed by atoms with Crippen LogP contribution in [0, 0.1) is 5.82 Å². The quantitative estimate of drug-likeness (QED) is 0.652. The number of carboxylic acid groups (broad SMARTS) is 1. The number of rotatable bonds is 3. The number of hydrogen-bond acceptors (Lipinski definition) is 6. The lowest BCUT2D eigenvalue weighted by Crippen LogP contribution is -2.17. The highest BCUT2D eigenvalue weighted by molar-refractivity contribution is 5.82. The number of hydrogen-bond donors (Lipinski definition) is 3. The van der Waals surface area contributed by atoms with E-state index in [-0.39, 0.29) is 11.4 Å². The fourth-order valence-corrected chi connectivity index (χ4v) is 2.91. The van der Waals surface area contributed by atoms with Crippen LogP contribution in [0.1, 0.15) is 0 Å². The molecule has 4 rings (SSSR count). The van der Waals surface area contributed by atoms with Crippen molar-refractivity contribution >= 4 is 17.6 Å². The summed E-state index contributed by atoms with van der Waals surface area (Å²) in [6.45, 7) is 1.36. The van der Waals surface area contributed by atoms with Gasteiger partial charge in [-0.2, -0.15) is 4.98 Å². The standard InChI is InChI=1S/C17H15FN6O3/c1-19-16-21-8-9-6-13(15-20-4-5-24(15)14(9)23-16)27-12-3-2-10(7-11(12)18)22-17(25)26/h2-3,6-8,20,22H,4-5H2,1H3,(H,25,26). The average Bonchev–Trinajstić information content (AvgIpc) is 3.13. The molecule has 0 unspecified atom stereocenters. The summed E-state index contributed by atoms with van der Waals surface area (Å²) in [5.74, 6) is 1.09. The number of ether oxygens (including phenoxy) is 1. The van der Waals surface area contributed by atoms with E-state index in [1.807, 2.05) is 4.57 Å². The summed E-state index contributed by atoms with van der Waals surface area (Å²) in [6, 6.07) is 5.57. The molecule has 27 heavy (non-hydrogen) atoms. The summed E-state index contributed by atoms with van der Waals surface area (Å²) in [6.07, 6.45) is 0.369. The van der Waals surface area contributed by atoms with E-state index >= 15 is 0 Å². The summed E-state index contributed by atoms with van der Waals surface area (Å²) >= 11 is 0. The van der Waals surface area contributed by atoms with E-state index in [4.69, 9.17) is 9.84 Å². The number of nitrogens with zero attached hydrogens (tertiary/aromatic N) is 4. The number of nitrogens with one attached hydrogen (secondary N) is 2. The summed E-state index contributed by atoms with van der Waals surface area (Å²) in [7, 11) is 1.62. The Morgan fingerprint density at radius 2 is 2.26 bits per heavy atom. The number of halogens is 1. The van der Waals surface area contributed by atoms with Crippen LogP contribution in [0.2, 0.25) is 0 Å². The van der Waals surface area contributed by atoms with Gasteiger partial charge in [0.25, 0.3) is 0 Å². The van der Waals surface area contributed by atoms with Gasteiger partial charge in [-0.25, -0.2) is 14.2 Å². The monoisotopic (exact) mass is 370 g/mol. The fourth-order valence-electron chi connectivity index (χ4n) is 2.91. The lowest BCUT2D eigenvalue weighted by Gasteiger charge is -2.17. The predicted octanol–water partition coefficient (Wildman–Crippen LogP) is 2.36. The molecule has 3 aliphatic rings. The number of fused-ring (bicyclic) bond motifs is 3. The molecule has 0 fully saturated rings. The zero-order valence-electron chi connectivity index (χ0n) is 14.2. The Morgan fingerprint density at radius 3 is 3.00 bits per heavy atom. The molecule has 0 aromatic heterocycles. The third-order valence-corrected chi connectivity index (χ3v) is 4.06. The Hall–Kier alpha value is -3.69. The van der Waals surface area contributed by atoms with Crippen LogP contribution in [0.25, 0.3) is 11.4 Å². The van der Waals surface area contributed by atoms with Crippen LogP contribution in [0.4, 0.5) is 20.7 Å². The van der Waals surface area contributed by atoms with Crippen molar-refractivity contribution in [3.8, 4) is 22.9 Å². The van der Waals surface area contributed by atoms with Gasteiger partial charge in [0.2, 0.25) is 5.62 Å². The zero-order valence-corrected chi connectivity index (χ0v) is 14.2. The Kier molecular flexibility index (Phi) is 4.07. The first-order valence-electron chi connectivity index (χ1n) is 8.10. The van der Waals surface area contributed by atoms with Crippen LogP contribution in [-0.2, 0) is 6.54 Å². The van der Waals surface area contributed by atoms with Gasteiger partial charge in [-0.1, -0.05) is 0 Å². The highest BCUT2D eigenvalue weighted by Crippen LogP contribution is 2.38. The first-order chi connectivity index (χ1) is 13.0. The minimum absolute atomic E-state index is 0.0251. The van der Waals surface area contributed by atoms with E-state index in [9.17, 15) is 9.18 Å². The van der Waals surface area contributed by atoms with Gasteiger partial charge in [0.1, 0.15) is 5.82 Å². The molecule has 3 N–H and O–H groups in total. The molecular formula is C17H15FN6O3. The minimum Gasteiger partial charge on any atom is -0.465 e. The Bertz CT molecular complexity index is 1080. The van der Waals surface area contributed by atoms with Gasteiger partial charge < -0.3 is 19.7 Å². The van der Waals surface area contributed by atoms with Crippen molar-refractivity contribution in [1.29, 1.82) is 0 Å². The van der Waals surface area contributed by atoms with Gasteiger partial charge in [0.05, 0.1) is 0 Å². The summed E-state index contributed by atoms with van der Waals surface area (Å²) in [5.41, 5.74) is 1.23. The molecule has 1 aromatic carbocycles. The van der Waals surface area contributed by atoms with Gasteiger partial charge >= 0.3 is 6.09 Å². The van der Waals surface area contributed by atoms with Crippen molar-refractivity contribution in [2.24, 2.45) is 4.99 Å². The largest absolute Gasteiger partial charge is 0.465 e. The fraction of sp³-hybridized carbons (Fsp3) is 0.176. The molecule has 1 aromatic rings. The highest BCUT2D eigenvalue weighted by atomic mass is 19.1. The first kappa shape index (κ1) is 16.8. The van der Waals surface area contributed by atoms with E-state index < -0.39 is 11.9 Å². The van der Waals surface area contributed by atoms with E-state index in [0.717, 1.165) is 11.6 Å². The molecule has 3 heterocycles. The topological polar surface area (TPSA) is 114 Å². The second-order valence-corrected chi connectivity index (χ2v) is 5.79. The smallest absolute Gasteiger partial charge is 0.409 e. The minimum atomic E-state index is -1.27. The maximum absolute atomic E-state index is 14.3. The lowest BCUT2D eigenvalue weighted by molar-refractivity contribution is 0.209. The van der Waals surface area contributed by atoms with Crippen molar-refractivity contribution in [2.75, 3.05) is 24.2 Å². The summed E-state index contributed by atoms with van der Waals surface area (Å²) in [5, 5.41) is 14.0. The van der Waals surface area contributed by atoms with Crippen molar-refractivity contribution in [3.63, 3.8) is 0 Å². The lowest BCUT2D eigenvalue weighted by atomic mass is 10.2. The second kappa shape index (κ2) is 6.56. The number of carbonyl (C=O) groups is 1. The van der Waals surface area contributed by atoms with Crippen molar-refractivity contribution in [3.05, 3.63) is 41.9 Å². The molecule has 3 aliphatic heterocycles. The first-order valence-corrected chi connectivity index (χ1v) is 8.10. The maximum atomic E-state index is 14.3. The van der Waals surface area contributed by atoms with Crippen LogP contribution in [0.5, 0.6) is 11.5 Å². The molecule has 0 radical (unpaired) electrons.